The van der Waals surface area contributed by atoms with Crippen LogP contribution in [0.25, 0.3) is 27.7 Å². The Morgan fingerprint density at radius 2 is 1.66 bits per heavy atom. The number of ketones is 1. The summed E-state index contributed by atoms with van der Waals surface area (Å²) >= 11 is 0. The predicted octanol–water partition coefficient (Wildman–Crippen LogP) is 6.09. The number of halogens is 6. The second-order valence-corrected chi connectivity index (χ2v) is 9.03. The number of hydrogen-bond donors (Lipinski definition) is 0. The number of pyridine rings is 1. The van der Waals surface area contributed by atoms with Crippen molar-refractivity contribution in [1.82, 2.24) is 14.0 Å². The zero-order valence-electron chi connectivity index (χ0n) is 21.6. The molecule has 0 atom stereocenters. The number of alkyl halides is 3. The van der Waals surface area contributed by atoms with Gasteiger partial charge in [0.1, 0.15) is 17.9 Å². The molecule has 0 fully saturated rings. The first kappa shape index (κ1) is 27.9. The molecule has 0 saturated carbocycles. The quantitative estimate of drug-likeness (QED) is 0.106. The van der Waals surface area contributed by atoms with Gasteiger partial charge in [-0.15, -0.1) is 0 Å². The van der Waals surface area contributed by atoms with Crippen LogP contribution in [-0.4, -0.2) is 39.9 Å². The molecule has 0 saturated heterocycles. The number of imidazole rings is 1. The fraction of sp³-hybridized carbons (Fsp3) is 0.179. The van der Waals surface area contributed by atoms with Crippen molar-refractivity contribution in [2.24, 2.45) is 7.05 Å². The fourth-order valence-corrected chi connectivity index (χ4v) is 4.80. The van der Waals surface area contributed by atoms with Crippen molar-refractivity contribution in [3.8, 4) is 11.1 Å². The summed E-state index contributed by atoms with van der Waals surface area (Å²) in [5, 5.41) is 0. The number of aromatic nitrogens is 3. The molecule has 0 aliphatic carbocycles. The Bertz CT molecular complexity index is 1850. The zero-order valence-corrected chi connectivity index (χ0v) is 21.6. The van der Waals surface area contributed by atoms with E-state index in [9.17, 15) is 35.9 Å². The Kier molecular flexibility index (Phi) is 6.85. The number of ether oxygens (including phenoxy) is 2. The number of methoxy groups -OCH3 is 2. The molecule has 0 N–H and O–H groups in total. The van der Waals surface area contributed by atoms with Gasteiger partial charge in [-0.1, -0.05) is 6.07 Å². The smallest absolute Gasteiger partial charge is 0.417 e. The van der Waals surface area contributed by atoms with Gasteiger partial charge in [0, 0.05) is 37.0 Å². The highest BCUT2D eigenvalue weighted by molar-refractivity contribution is 6.12. The number of carbonyl (C=O) groups is 2. The Hall–Kier alpha value is -4.65. The van der Waals surface area contributed by atoms with Crippen molar-refractivity contribution >= 4 is 28.3 Å². The van der Waals surface area contributed by atoms with E-state index >= 15 is 0 Å². The lowest BCUT2D eigenvalue weighted by Gasteiger charge is -2.18. The van der Waals surface area contributed by atoms with Crippen molar-refractivity contribution in [3.05, 3.63) is 94.3 Å². The molecule has 0 bridgehead atoms. The maximum Gasteiger partial charge on any atom is 0.417 e. The molecule has 3 heterocycles. The SMILES string of the molecule is COCc1nc2c(C(=O)OC)c(-c3cccn4c(C(=O)c5cc(F)c(F)c(F)c5)ccc34)c(C(F)(F)F)cc2n1C. The van der Waals surface area contributed by atoms with E-state index in [0.29, 0.717) is 12.1 Å². The van der Waals surface area contributed by atoms with E-state index in [1.165, 1.54) is 53.6 Å². The third-order valence-electron chi connectivity index (χ3n) is 6.68. The summed E-state index contributed by atoms with van der Waals surface area (Å²) < 4.78 is 97.4. The lowest BCUT2D eigenvalue weighted by molar-refractivity contribution is -0.137. The maximum atomic E-state index is 14.6. The molecule has 5 aromatic rings. The number of fused-ring (bicyclic) bond motifs is 2. The molecule has 13 heteroatoms. The van der Waals surface area contributed by atoms with Crippen molar-refractivity contribution in [3.63, 3.8) is 0 Å². The van der Waals surface area contributed by atoms with E-state index in [0.717, 1.165) is 13.2 Å². The number of hydrogen-bond acceptors (Lipinski definition) is 5. The third kappa shape index (κ3) is 4.51. The van der Waals surface area contributed by atoms with Crippen LogP contribution in [0.5, 0.6) is 0 Å². The van der Waals surface area contributed by atoms with Crippen LogP contribution < -0.4 is 0 Å². The van der Waals surface area contributed by atoms with Crippen LogP contribution in [0.4, 0.5) is 26.3 Å². The number of aryl methyl sites for hydroxylation is 1. The van der Waals surface area contributed by atoms with E-state index in [-0.39, 0.29) is 40.2 Å². The van der Waals surface area contributed by atoms with E-state index < -0.39 is 57.6 Å². The van der Waals surface area contributed by atoms with Crippen LogP contribution in [0.2, 0.25) is 0 Å². The first-order chi connectivity index (χ1) is 19.4. The molecule has 0 aliphatic heterocycles. The fourth-order valence-electron chi connectivity index (χ4n) is 4.80. The van der Waals surface area contributed by atoms with E-state index in [4.69, 9.17) is 9.47 Å². The largest absolute Gasteiger partial charge is 0.465 e. The Balaban J connectivity index is 1.83. The molecule has 0 radical (unpaired) electrons. The van der Waals surface area contributed by atoms with Crippen molar-refractivity contribution in [2.45, 2.75) is 12.8 Å². The molecule has 41 heavy (non-hydrogen) atoms. The van der Waals surface area contributed by atoms with Gasteiger partial charge < -0.3 is 18.4 Å². The normalized spacial score (nSPS) is 11.9. The van der Waals surface area contributed by atoms with Crippen molar-refractivity contribution in [1.29, 1.82) is 0 Å². The van der Waals surface area contributed by atoms with Gasteiger partial charge in [0.15, 0.2) is 17.5 Å². The average molecular weight is 575 g/mol. The van der Waals surface area contributed by atoms with Crippen LogP contribution in [0.3, 0.4) is 0 Å². The predicted molar refractivity (Wildman–Crippen MR) is 134 cm³/mol. The van der Waals surface area contributed by atoms with E-state index in [1.807, 2.05) is 0 Å². The Morgan fingerprint density at radius 1 is 0.976 bits per heavy atom. The lowest BCUT2D eigenvalue weighted by Crippen LogP contribution is -2.14. The van der Waals surface area contributed by atoms with E-state index in [2.05, 4.69) is 4.98 Å². The molecule has 7 nitrogen and oxygen atoms in total. The highest BCUT2D eigenvalue weighted by Crippen LogP contribution is 2.44. The van der Waals surface area contributed by atoms with Gasteiger partial charge in [-0.3, -0.25) is 4.79 Å². The average Bonchev–Trinajstić information content (AvgIpc) is 3.50. The summed E-state index contributed by atoms with van der Waals surface area (Å²) in [4.78, 5) is 30.6. The minimum atomic E-state index is -4.95. The number of esters is 1. The van der Waals surface area contributed by atoms with Crippen LogP contribution in [0.15, 0.2) is 48.7 Å². The first-order valence-corrected chi connectivity index (χ1v) is 11.9. The molecule has 212 valence electrons. The van der Waals surface area contributed by atoms with Crippen molar-refractivity contribution in [2.75, 3.05) is 14.2 Å². The summed E-state index contributed by atoms with van der Waals surface area (Å²) in [5.74, 6) is -6.66. The molecule has 2 aromatic carbocycles. The molecule has 0 spiro atoms. The number of rotatable bonds is 6. The third-order valence-corrected chi connectivity index (χ3v) is 6.68. The minimum Gasteiger partial charge on any atom is -0.465 e. The highest BCUT2D eigenvalue weighted by atomic mass is 19.4. The van der Waals surface area contributed by atoms with Gasteiger partial charge in [-0.2, -0.15) is 13.2 Å². The molecular formula is C28H19F6N3O4. The Morgan fingerprint density at radius 3 is 2.27 bits per heavy atom. The standard InChI is InChI=1S/C28H19F6N3O4/c1-36-20-11-15(28(32,33)34)22(23(27(39)41-3)25(20)35-21(36)12-40-2)14-5-4-8-37-18(14)6-7-19(37)26(38)13-9-16(29)24(31)17(30)10-13/h4-11H,12H2,1-3H3. The molecule has 0 amide bonds. The van der Waals surface area contributed by atoms with E-state index in [1.54, 1.807) is 0 Å². The lowest BCUT2D eigenvalue weighted by atomic mass is 9.92. The highest BCUT2D eigenvalue weighted by Gasteiger charge is 2.39. The minimum absolute atomic E-state index is 0.00656. The van der Waals surface area contributed by atoms with Crippen molar-refractivity contribution < 1.29 is 45.4 Å². The number of benzene rings is 2. The van der Waals surface area contributed by atoms with Crippen LogP contribution in [-0.2, 0) is 29.3 Å². The molecule has 3 aromatic heterocycles. The van der Waals surface area contributed by atoms with Crippen LogP contribution in [0, 0.1) is 17.5 Å². The van der Waals surface area contributed by atoms with Gasteiger partial charge in [0.2, 0.25) is 5.78 Å². The van der Waals surface area contributed by atoms with Gasteiger partial charge in [0.05, 0.1) is 35.0 Å². The number of carbonyl (C=O) groups excluding carboxylic acids is 2. The molecular weight excluding hydrogens is 556 g/mol. The number of nitrogens with zero attached hydrogens (tertiary/aromatic N) is 3. The molecule has 0 aliphatic rings. The summed E-state index contributed by atoms with van der Waals surface area (Å²) in [6, 6.07) is 7.13. The van der Waals surface area contributed by atoms with Crippen LogP contribution >= 0.6 is 0 Å². The monoisotopic (exact) mass is 575 g/mol. The van der Waals surface area contributed by atoms with Gasteiger partial charge in [0.25, 0.3) is 0 Å². The maximum absolute atomic E-state index is 14.6. The van der Waals surface area contributed by atoms with Gasteiger partial charge in [-0.05, 0) is 36.4 Å². The molecule has 0 unspecified atom stereocenters. The first-order valence-electron chi connectivity index (χ1n) is 11.9. The summed E-state index contributed by atoms with van der Waals surface area (Å²) in [6.07, 6.45) is -3.59. The topological polar surface area (TPSA) is 74.8 Å². The summed E-state index contributed by atoms with van der Waals surface area (Å²) in [5.41, 5.74) is -2.95. The Labute approximate surface area is 227 Å². The summed E-state index contributed by atoms with van der Waals surface area (Å²) in [6.45, 7) is -0.0488. The second kappa shape index (κ2) is 10.1. The van der Waals surface area contributed by atoms with Crippen LogP contribution in [0.1, 0.15) is 37.8 Å². The second-order valence-electron chi connectivity index (χ2n) is 9.03. The van der Waals surface area contributed by atoms with Gasteiger partial charge >= 0.3 is 12.1 Å². The molecule has 5 rings (SSSR count). The summed E-state index contributed by atoms with van der Waals surface area (Å²) in [7, 11) is 3.89. The van der Waals surface area contributed by atoms with Gasteiger partial charge in [-0.25, -0.2) is 22.9 Å². The zero-order chi connectivity index (χ0) is 29.8.